The highest BCUT2D eigenvalue weighted by Crippen LogP contribution is 2.17. The Morgan fingerprint density at radius 1 is 1.41 bits per heavy atom. The number of rotatable bonds is 6. The summed E-state index contributed by atoms with van der Waals surface area (Å²) in [5, 5.41) is 30.1. The van der Waals surface area contributed by atoms with Gasteiger partial charge in [-0.1, -0.05) is 6.92 Å². The van der Waals surface area contributed by atoms with Gasteiger partial charge in [-0.05, 0) is 18.6 Å². The Morgan fingerprint density at radius 2 is 2.06 bits per heavy atom. The van der Waals surface area contributed by atoms with Gasteiger partial charge in [0, 0.05) is 0 Å². The maximum Gasteiger partial charge on any atom is 0.354 e. The molecule has 0 amide bonds. The number of nitrogens with zero attached hydrogens (tertiary/aromatic N) is 1. The van der Waals surface area contributed by atoms with E-state index in [9.17, 15) is 15.0 Å². The molecule has 1 rings (SSSR count). The molecule has 0 saturated carbocycles. The van der Waals surface area contributed by atoms with E-state index in [2.05, 4.69) is 10.3 Å². The van der Waals surface area contributed by atoms with E-state index in [1.165, 1.54) is 12.3 Å². The first kappa shape index (κ1) is 13.4. The molecular weight excluding hydrogens is 224 g/mol. The number of aromatic carboxylic acids is 1. The number of carboxylic acids is 1. The first-order valence-electron chi connectivity index (χ1n) is 5.26. The fourth-order valence-corrected chi connectivity index (χ4v) is 1.34. The molecule has 0 aliphatic carbocycles. The zero-order valence-electron chi connectivity index (χ0n) is 9.55. The lowest BCUT2D eigenvalue weighted by Gasteiger charge is -2.30. The molecule has 94 valence electrons. The first-order valence-corrected chi connectivity index (χ1v) is 5.26. The molecule has 0 spiro atoms. The lowest BCUT2D eigenvalue weighted by molar-refractivity contribution is 0.0690. The summed E-state index contributed by atoms with van der Waals surface area (Å²) in [6.07, 6.45) is 1.89. The van der Waals surface area contributed by atoms with Crippen molar-refractivity contribution in [3.63, 3.8) is 0 Å². The summed E-state index contributed by atoms with van der Waals surface area (Å²) in [5.41, 5.74) is -0.308. The van der Waals surface area contributed by atoms with Crippen LogP contribution in [0.1, 0.15) is 23.8 Å². The van der Waals surface area contributed by atoms with Crippen molar-refractivity contribution in [1.82, 2.24) is 4.98 Å². The number of hydrogen-bond acceptors (Lipinski definition) is 5. The Morgan fingerprint density at radius 3 is 2.41 bits per heavy atom. The Labute approximate surface area is 98.9 Å². The molecule has 0 aliphatic rings. The SMILES string of the molecule is CCC(CO)(CO)Nc1ccc(C(=O)O)nc1. The minimum atomic E-state index is -1.09. The van der Waals surface area contributed by atoms with Crippen LogP contribution in [0.25, 0.3) is 0 Å². The van der Waals surface area contributed by atoms with Crippen LogP contribution in [0.5, 0.6) is 0 Å². The van der Waals surface area contributed by atoms with E-state index in [0.717, 1.165) is 0 Å². The van der Waals surface area contributed by atoms with Gasteiger partial charge in [0.15, 0.2) is 0 Å². The van der Waals surface area contributed by atoms with Crippen LogP contribution >= 0.6 is 0 Å². The summed E-state index contributed by atoms with van der Waals surface area (Å²) >= 11 is 0. The number of aromatic nitrogens is 1. The third-order valence-electron chi connectivity index (χ3n) is 2.67. The molecule has 6 nitrogen and oxygen atoms in total. The molecule has 0 bridgehead atoms. The number of aliphatic hydroxyl groups excluding tert-OH is 2. The quantitative estimate of drug-likeness (QED) is 0.571. The Kier molecular flexibility index (Phi) is 4.42. The fraction of sp³-hybridized carbons (Fsp3) is 0.455. The van der Waals surface area contributed by atoms with E-state index in [1.807, 2.05) is 6.92 Å². The van der Waals surface area contributed by atoms with Gasteiger partial charge in [0.1, 0.15) is 5.69 Å². The highest BCUT2D eigenvalue weighted by Gasteiger charge is 2.26. The molecule has 0 radical (unpaired) electrons. The second kappa shape index (κ2) is 5.60. The molecule has 0 fully saturated rings. The molecule has 0 atom stereocenters. The average Bonchev–Trinajstić information content (AvgIpc) is 2.37. The average molecular weight is 240 g/mol. The molecule has 4 N–H and O–H groups in total. The number of pyridine rings is 1. The smallest absolute Gasteiger partial charge is 0.354 e. The predicted molar refractivity (Wildman–Crippen MR) is 62.0 cm³/mol. The van der Waals surface area contributed by atoms with Crippen LogP contribution in [-0.4, -0.2) is 45.0 Å². The molecule has 0 aliphatic heterocycles. The Hall–Kier alpha value is -1.66. The van der Waals surface area contributed by atoms with Crippen LogP contribution in [0.3, 0.4) is 0 Å². The number of nitrogens with one attached hydrogen (secondary N) is 1. The number of carbonyl (C=O) groups is 1. The Balaban J connectivity index is 2.84. The van der Waals surface area contributed by atoms with Crippen LogP contribution in [0, 0.1) is 0 Å². The second-order valence-corrected chi connectivity index (χ2v) is 3.81. The van der Waals surface area contributed by atoms with E-state index in [0.29, 0.717) is 12.1 Å². The minimum Gasteiger partial charge on any atom is -0.477 e. The molecule has 0 saturated heterocycles. The van der Waals surface area contributed by atoms with E-state index in [4.69, 9.17) is 5.11 Å². The van der Waals surface area contributed by atoms with Gasteiger partial charge in [-0.3, -0.25) is 0 Å². The summed E-state index contributed by atoms with van der Waals surface area (Å²) < 4.78 is 0. The predicted octanol–water partition coefficient (Wildman–Crippen LogP) is 0.325. The van der Waals surface area contributed by atoms with Crippen molar-refractivity contribution in [3.05, 3.63) is 24.0 Å². The standard InChI is InChI=1S/C11H16N2O4/c1-2-11(6-14,7-15)13-8-3-4-9(10(16)17)12-5-8/h3-5,13-15H,2,6-7H2,1H3,(H,16,17). The van der Waals surface area contributed by atoms with Gasteiger partial charge in [0.25, 0.3) is 0 Å². The zero-order chi connectivity index (χ0) is 12.9. The van der Waals surface area contributed by atoms with Crippen molar-refractivity contribution in [2.45, 2.75) is 18.9 Å². The maximum atomic E-state index is 10.6. The van der Waals surface area contributed by atoms with Gasteiger partial charge in [0.05, 0.1) is 30.6 Å². The van der Waals surface area contributed by atoms with Crippen molar-refractivity contribution >= 4 is 11.7 Å². The fourth-order valence-electron chi connectivity index (χ4n) is 1.34. The van der Waals surface area contributed by atoms with E-state index in [-0.39, 0.29) is 18.9 Å². The molecule has 1 aromatic rings. The second-order valence-electron chi connectivity index (χ2n) is 3.81. The van der Waals surface area contributed by atoms with Crippen LogP contribution < -0.4 is 5.32 Å². The maximum absolute atomic E-state index is 10.6. The van der Waals surface area contributed by atoms with Crippen molar-refractivity contribution in [2.75, 3.05) is 18.5 Å². The molecule has 1 heterocycles. The largest absolute Gasteiger partial charge is 0.477 e. The van der Waals surface area contributed by atoms with Crippen molar-refractivity contribution in [3.8, 4) is 0 Å². The Bertz CT molecular complexity index is 365. The molecule has 0 aromatic carbocycles. The van der Waals surface area contributed by atoms with Crippen molar-refractivity contribution in [2.24, 2.45) is 0 Å². The number of carboxylic acid groups (broad SMARTS) is 1. The first-order chi connectivity index (χ1) is 8.06. The van der Waals surface area contributed by atoms with Crippen LogP contribution in [0.15, 0.2) is 18.3 Å². The number of aliphatic hydroxyl groups is 2. The zero-order valence-corrected chi connectivity index (χ0v) is 9.55. The van der Waals surface area contributed by atoms with Gasteiger partial charge in [0.2, 0.25) is 0 Å². The highest BCUT2D eigenvalue weighted by atomic mass is 16.4. The number of anilines is 1. The van der Waals surface area contributed by atoms with Crippen LogP contribution in [0.2, 0.25) is 0 Å². The third kappa shape index (κ3) is 3.15. The van der Waals surface area contributed by atoms with Crippen LogP contribution in [0.4, 0.5) is 5.69 Å². The summed E-state index contributed by atoms with van der Waals surface area (Å²) in [7, 11) is 0. The van der Waals surface area contributed by atoms with Gasteiger partial charge in [-0.25, -0.2) is 9.78 Å². The summed E-state index contributed by atoms with van der Waals surface area (Å²) in [6.45, 7) is 1.39. The lowest BCUT2D eigenvalue weighted by Crippen LogP contribution is -2.45. The summed E-state index contributed by atoms with van der Waals surface area (Å²) in [6, 6.07) is 2.91. The topological polar surface area (TPSA) is 103 Å². The number of hydrogen-bond donors (Lipinski definition) is 4. The third-order valence-corrected chi connectivity index (χ3v) is 2.67. The van der Waals surface area contributed by atoms with E-state index in [1.54, 1.807) is 6.07 Å². The van der Waals surface area contributed by atoms with Gasteiger partial charge < -0.3 is 20.6 Å². The van der Waals surface area contributed by atoms with Crippen molar-refractivity contribution in [1.29, 1.82) is 0 Å². The van der Waals surface area contributed by atoms with E-state index >= 15 is 0 Å². The molecule has 6 heteroatoms. The lowest BCUT2D eigenvalue weighted by atomic mass is 9.98. The monoisotopic (exact) mass is 240 g/mol. The molecule has 17 heavy (non-hydrogen) atoms. The van der Waals surface area contributed by atoms with Crippen LogP contribution in [-0.2, 0) is 0 Å². The van der Waals surface area contributed by atoms with Crippen molar-refractivity contribution < 1.29 is 20.1 Å². The normalized spacial score (nSPS) is 11.2. The van der Waals surface area contributed by atoms with Gasteiger partial charge in [-0.15, -0.1) is 0 Å². The highest BCUT2D eigenvalue weighted by molar-refractivity contribution is 5.85. The summed E-state index contributed by atoms with van der Waals surface area (Å²) in [5.74, 6) is -1.09. The molecule has 1 aromatic heterocycles. The molecular formula is C11H16N2O4. The van der Waals surface area contributed by atoms with E-state index < -0.39 is 11.5 Å². The van der Waals surface area contributed by atoms with Gasteiger partial charge >= 0.3 is 5.97 Å². The minimum absolute atomic E-state index is 0.0503. The summed E-state index contributed by atoms with van der Waals surface area (Å²) in [4.78, 5) is 14.3. The van der Waals surface area contributed by atoms with Gasteiger partial charge in [-0.2, -0.15) is 0 Å². The molecule has 0 unspecified atom stereocenters.